The number of cyclic esters (lactones) is 2. The molecule has 0 radical (unpaired) electrons. The normalized spacial score (nSPS) is 22.8. The molecule has 1 rings (SSSR count). The summed E-state index contributed by atoms with van der Waals surface area (Å²) in [4.78, 5) is 20.5. The molecule has 0 amide bonds. The molecule has 5 heteroatoms. The Morgan fingerprint density at radius 1 is 1.11 bits per heavy atom. The minimum atomic E-state index is -1.63. The van der Waals surface area contributed by atoms with Crippen LogP contribution in [0.4, 0.5) is 0 Å². The van der Waals surface area contributed by atoms with Crippen molar-refractivity contribution in [2.24, 2.45) is 0 Å². The monoisotopic (exact) mass is 288 g/mol. The molecule has 4 nitrogen and oxygen atoms in total. The highest BCUT2D eigenvalue weighted by atomic mass is 32.2. The van der Waals surface area contributed by atoms with Crippen molar-refractivity contribution in [2.45, 2.75) is 69.6 Å². The van der Waals surface area contributed by atoms with E-state index in [1.54, 1.807) is 0 Å². The Bertz CT molecular complexity index is 306. The lowest BCUT2D eigenvalue weighted by Gasteiger charge is -2.15. The standard InChI is InChI=1S/C14H24O4S/c1-2-3-4-5-6-7-8-9-10-19-14(17)11-12(15)18-13(14)16/h17H,2-11H2,1H3. The Morgan fingerprint density at radius 3 is 2.21 bits per heavy atom. The molecule has 0 aromatic rings. The fourth-order valence-electron chi connectivity index (χ4n) is 2.07. The molecule has 0 aromatic carbocycles. The molecule has 0 aliphatic carbocycles. The van der Waals surface area contributed by atoms with Gasteiger partial charge in [-0.25, -0.2) is 4.79 Å². The molecule has 1 aliphatic heterocycles. The van der Waals surface area contributed by atoms with Gasteiger partial charge in [0.15, 0.2) is 0 Å². The number of hydrogen-bond donors (Lipinski definition) is 1. The molecule has 1 saturated heterocycles. The van der Waals surface area contributed by atoms with Crippen LogP contribution in [-0.2, 0) is 14.3 Å². The second-order valence-corrected chi connectivity index (χ2v) is 6.42. The van der Waals surface area contributed by atoms with E-state index in [1.807, 2.05) is 0 Å². The maximum Gasteiger partial charge on any atom is 0.357 e. The van der Waals surface area contributed by atoms with Gasteiger partial charge >= 0.3 is 11.9 Å². The van der Waals surface area contributed by atoms with E-state index in [1.165, 1.54) is 38.5 Å². The van der Waals surface area contributed by atoms with E-state index < -0.39 is 16.9 Å². The highest BCUT2D eigenvalue weighted by Crippen LogP contribution is 2.33. The lowest BCUT2D eigenvalue weighted by atomic mass is 10.1. The molecule has 19 heavy (non-hydrogen) atoms. The number of hydrogen-bond acceptors (Lipinski definition) is 5. The summed E-state index contributed by atoms with van der Waals surface area (Å²) >= 11 is 1.13. The number of aliphatic hydroxyl groups is 1. The number of unbranched alkanes of at least 4 members (excludes halogenated alkanes) is 7. The smallest absolute Gasteiger partial charge is 0.357 e. The Morgan fingerprint density at radius 2 is 1.68 bits per heavy atom. The largest absolute Gasteiger partial charge is 0.390 e. The first-order valence-corrected chi connectivity index (χ1v) is 8.18. The van der Waals surface area contributed by atoms with Crippen LogP contribution in [0.3, 0.4) is 0 Å². The molecule has 110 valence electrons. The van der Waals surface area contributed by atoms with Crippen LogP contribution in [0.15, 0.2) is 0 Å². The zero-order chi connectivity index (χ0) is 14.1. The van der Waals surface area contributed by atoms with Gasteiger partial charge < -0.3 is 9.84 Å². The van der Waals surface area contributed by atoms with E-state index in [4.69, 9.17) is 0 Å². The number of carbonyl (C=O) groups is 2. The molecular weight excluding hydrogens is 264 g/mol. The SMILES string of the molecule is CCCCCCCCCCSC1(O)CC(=O)OC1=O. The highest BCUT2D eigenvalue weighted by Gasteiger charge is 2.48. The Kier molecular flexibility index (Phi) is 7.46. The van der Waals surface area contributed by atoms with Gasteiger partial charge in [-0.2, -0.15) is 0 Å². The van der Waals surface area contributed by atoms with Crippen LogP contribution in [-0.4, -0.2) is 27.7 Å². The van der Waals surface area contributed by atoms with Crippen LogP contribution in [0, 0.1) is 0 Å². The summed E-state index contributed by atoms with van der Waals surface area (Å²) in [6.45, 7) is 2.21. The van der Waals surface area contributed by atoms with E-state index >= 15 is 0 Å². The van der Waals surface area contributed by atoms with Crippen molar-refractivity contribution >= 4 is 23.7 Å². The minimum absolute atomic E-state index is 0.215. The molecule has 1 fully saturated rings. The summed E-state index contributed by atoms with van der Waals surface area (Å²) in [6.07, 6.45) is 9.52. The van der Waals surface area contributed by atoms with E-state index in [2.05, 4.69) is 11.7 Å². The lowest BCUT2D eigenvalue weighted by Crippen LogP contribution is -2.30. The maximum absolute atomic E-state index is 11.3. The second-order valence-electron chi connectivity index (χ2n) is 5.05. The highest BCUT2D eigenvalue weighted by molar-refractivity contribution is 8.01. The van der Waals surface area contributed by atoms with Gasteiger partial charge in [-0.15, -0.1) is 11.8 Å². The Labute approximate surface area is 119 Å². The van der Waals surface area contributed by atoms with Gasteiger partial charge in [0, 0.05) is 0 Å². The van der Waals surface area contributed by atoms with Crippen LogP contribution < -0.4 is 0 Å². The predicted octanol–water partition coefficient (Wildman–Crippen LogP) is 3.02. The number of esters is 2. The van der Waals surface area contributed by atoms with Crippen molar-refractivity contribution in [3.05, 3.63) is 0 Å². The van der Waals surface area contributed by atoms with Gasteiger partial charge in [-0.3, -0.25) is 4.79 Å². The summed E-state index contributed by atoms with van der Waals surface area (Å²) in [7, 11) is 0. The zero-order valence-electron chi connectivity index (χ0n) is 11.7. The zero-order valence-corrected chi connectivity index (χ0v) is 12.5. The van der Waals surface area contributed by atoms with Gasteiger partial charge in [-0.05, 0) is 12.2 Å². The number of thioether (sulfide) groups is 1. The molecule has 1 atom stereocenters. The molecule has 0 bridgehead atoms. The molecule has 0 spiro atoms. The Balaban J connectivity index is 1.99. The van der Waals surface area contributed by atoms with Crippen LogP contribution in [0.5, 0.6) is 0 Å². The third-order valence-corrected chi connectivity index (χ3v) is 4.53. The fourth-order valence-corrected chi connectivity index (χ4v) is 3.14. The van der Waals surface area contributed by atoms with Gasteiger partial charge in [0.05, 0.1) is 6.42 Å². The maximum atomic E-state index is 11.3. The third kappa shape index (κ3) is 5.95. The number of carbonyl (C=O) groups excluding carboxylic acids is 2. The Hall–Kier alpha value is -0.550. The molecule has 0 saturated carbocycles. The molecule has 1 aliphatic rings. The summed E-state index contributed by atoms with van der Waals surface area (Å²) in [5.41, 5.74) is 0. The molecule has 1 heterocycles. The van der Waals surface area contributed by atoms with E-state index in [-0.39, 0.29) is 6.42 Å². The van der Waals surface area contributed by atoms with Crippen molar-refractivity contribution in [2.75, 3.05) is 5.75 Å². The molecular formula is C14H24O4S. The second kappa shape index (κ2) is 8.59. The minimum Gasteiger partial charge on any atom is -0.390 e. The first-order valence-electron chi connectivity index (χ1n) is 7.20. The molecule has 1 unspecified atom stereocenters. The van der Waals surface area contributed by atoms with Gasteiger partial charge in [0.2, 0.25) is 4.93 Å². The first kappa shape index (κ1) is 16.5. The average molecular weight is 288 g/mol. The topological polar surface area (TPSA) is 63.6 Å². The van der Waals surface area contributed by atoms with Crippen molar-refractivity contribution in [1.82, 2.24) is 0 Å². The first-order chi connectivity index (χ1) is 9.08. The molecule has 0 aromatic heterocycles. The van der Waals surface area contributed by atoms with Crippen molar-refractivity contribution in [1.29, 1.82) is 0 Å². The quantitative estimate of drug-likeness (QED) is 0.290. The summed E-state index contributed by atoms with van der Waals surface area (Å²) in [5, 5.41) is 9.90. The van der Waals surface area contributed by atoms with Gasteiger partial charge in [0.1, 0.15) is 0 Å². The lowest BCUT2D eigenvalue weighted by molar-refractivity contribution is -0.155. The van der Waals surface area contributed by atoms with Gasteiger partial charge in [0.25, 0.3) is 0 Å². The van der Waals surface area contributed by atoms with Crippen LogP contribution >= 0.6 is 11.8 Å². The van der Waals surface area contributed by atoms with E-state index in [9.17, 15) is 14.7 Å². The van der Waals surface area contributed by atoms with Crippen molar-refractivity contribution in [3.8, 4) is 0 Å². The fraction of sp³-hybridized carbons (Fsp3) is 0.857. The van der Waals surface area contributed by atoms with Gasteiger partial charge in [-0.1, -0.05) is 51.9 Å². The van der Waals surface area contributed by atoms with E-state index in [0.717, 1.165) is 24.6 Å². The average Bonchev–Trinajstić information content (AvgIpc) is 2.61. The van der Waals surface area contributed by atoms with Crippen LogP contribution in [0.25, 0.3) is 0 Å². The summed E-state index contributed by atoms with van der Waals surface area (Å²) in [5.74, 6) is -0.744. The summed E-state index contributed by atoms with van der Waals surface area (Å²) < 4.78 is 4.36. The molecule has 1 N–H and O–H groups in total. The van der Waals surface area contributed by atoms with Crippen LogP contribution in [0.1, 0.15) is 64.7 Å². The summed E-state index contributed by atoms with van der Waals surface area (Å²) in [6, 6.07) is 0. The predicted molar refractivity (Wildman–Crippen MR) is 75.7 cm³/mol. The number of rotatable bonds is 10. The van der Waals surface area contributed by atoms with Crippen LogP contribution in [0.2, 0.25) is 0 Å². The van der Waals surface area contributed by atoms with E-state index in [0.29, 0.717) is 5.75 Å². The number of ether oxygens (including phenoxy) is 1. The van der Waals surface area contributed by atoms with Crippen molar-refractivity contribution in [3.63, 3.8) is 0 Å². The van der Waals surface area contributed by atoms with Crippen molar-refractivity contribution < 1.29 is 19.4 Å². The third-order valence-electron chi connectivity index (χ3n) is 3.25.